The Balaban J connectivity index is 0.00000176. The first kappa shape index (κ1) is 16.9. The number of carbonyl (C=O) groups is 1. The molecule has 0 saturated carbocycles. The first-order valence-corrected chi connectivity index (χ1v) is 7.78. The number of nitrogens with one attached hydrogen (secondary N) is 1. The topological polar surface area (TPSA) is 44.8 Å². The lowest BCUT2D eigenvalue weighted by atomic mass is 10.1. The van der Waals surface area contributed by atoms with Gasteiger partial charge in [0.1, 0.15) is 12.4 Å². The Kier molecular flexibility index (Phi) is 5.53. The van der Waals surface area contributed by atoms with Gasteiger partial charge in [0.2, 0.25) is 0 Å². The zero-order chi connectivity index (χ0) is 14.8. The molecule has 1 N–H and O–H groups in total. The van der Waals surface area contributed by atoms with E-state index in [-0.39, 0.29) is 24.4 Å². The van der Waals surface area contributed by atoms with Crippen molar-refractivity contribution in [1.29, 1.82) is 0 Å². The molecule has 6 heteroatoms. The van der Waals surface area contributed by atoms with Crippen molar-refractivity contribution in [3.8, 4) is 5.75 Å². The van der Waals surface area contributed by atoms with Crippen LogP contribution in [0.3, 0.4) is 0 Å². The molecule has 1 unspecified atom stereocenters. The molecule has 1 atom stereocenters. The van der Waals surface area contributed by atoms with Crippen molar-refractivity contribution in [3.63, 3.8) is 0 Å². The molecular formula is C16H24ClN3O2. The van der Waals surface area contributed by atoms with Gasteiger partial charge < -0.3 is 19.9 Å². The minimum Gasteiger partial charge on any atom is -0.491 e. The lowest BCUT2D eigenvalue weighted by Crippen LogP contribution is -2.54. The van der Waals surface area contributed by atoms with Crippen molar-refractivity contribution in [1.82, 2.24) is 10.2 Å². The Morgan fingerprint density at radius 3 is 2.86 bits per heavy atom. The molecule has 3 rings (SSSR count). The summed E-state index contributed by atoms with van der Waals surface area (Å²) in [6.07, 6.45) is 0. The Hall–Kier alpha value is -1.46. The molecule has 0 spiro atoms. The van der Waals surface area contributed by atoms with Crippen LogP contribution in [-0.2, 0) is 0 Å². The van der Waals surface area contributed by atoms with E-state index in [0.717, 1.165) is 38.4 Å². The van der Waals surface area contributed by atoms with Gasteiger partial charge in [-0.05, 0) is 32.0 Å². The highest BCUT2D eigenvalue weighted by Gasteiger charge is 2.32. The molecule has 1 fully saturated rings. The standard InChI is InChI=1S/C16H23N3O2.ClH/c1-3-18(4-2)12-5-6-15-14(9-12)16(20)19-8-7-17-10-13(19)11-21-15;/h5-6,9,13,17H,3-4,7-8,10-11H2,1-2H3;1H. The maximum atomic E-state index is 12.8. The van der Waals surface area contributed by atoms with Crippen LogP contribution in [0.15, 0.2) is 18.2 Å². The fraction of sp³-hybridized carbons (Fsp3) is 0.562. The molecule has 22 heavy (non-hydrogen) atoms. The summed E-state index contributed by atoms with van der Waals surface area (Å²) in [6.45, 7) is 9.09. The largest absolute Gasteiger partial charge is 0.491 e. The van der Waals surface area contributed by atoms with Crippen molar-refractivity contribution in [2.24, 2.45) is 0 Å². The van der Waals surface area contributed by atoms with E-state index < -0.39 is 0 Å². The molecule has 0 aromatic heterocycles. The third-order valence-electron chi connectivity index (χ3n) is 4.36. The van der Waals surface area contributed by atoms with Gasteiger partial charge in [0.25, 0.3) is 5.91 Å². The number of hydrogen-bond donors (Lipinski definition) is 1. The molecule has 0 aliphatic carbocycles. The average Bonchev–Trinajstić information content (AvgIpc) is 2.67. The maximum Gasteiger partial charge on any atom is 0.258 e. The second-order valence-electron chi connectivity index (χ2n) is 5.52. The Bertz CT molecular complexity index is 534. The fourth-order valence-corrected chi connectivity index (χ4v) is 3.11. The van der Waals surface area contributed by atoms with Crippen molar-refractivity contribution >= 4 is 24.0 Å². The highest BCUT2D eigenvalue weighted by Crippen LogP contribution is 2.29. The fourth-order valence-electron chi connectivity index (χ4n) is 3.11. The molecule has 2 heterocycles. The van der Waals surface area contributed by atoms with Gasteiger partial charge in [0.15, 0.2) is 0 Å². The monoisotopic (exact) mass is 325 g/mol. The number of hydrogen-bond acceptors (Lipinski definition) is 4. The number of carbonyl (C=O) groups excluding carboxylic acids is 1. The number of rotatable bonds is 3. The summed E-state index contributed by atoms with van der Waals surface area (Å²) >= 11 is 0. The van der Waals surface area contributed by atoms with Gasteiger partial charge in [-0.2, -0.15) is 0 Å². The van der Waals surface area contributed by atoms with Crippen LogP contribution in [0.25, 0.3) is 0 Å². The van der Waals surface area contributed by atoms with Gasteiger partial charge in [-0.15, -0.1) is 12.4 Å². The predicted octanol–water partition coefficient (Wildman–Crippen LogP) is 1.76. The van der Waals surface area contributed by atoms with E-state index in [1.165, 1.54) is 0 Å². The predicted molar refractivity (Wildman–Crippen MR) is 90.4 cm³/mol. The van der Waals surface area contributed by atoms with Crippen molar-refractivity contribution in [2.45, 2.75) is 19.9 Å². The van der Waals surface area contributed by atoms with E-state index in [9.17, 15) is 4.79 Å². The number of halogens is 1. The third kappa shape index (κ3) is 3.01. The zero-order valence-electron chi connectivity index (χ0n) is 13.2. The average molecular weight is 326 g/mol. The summed E-state index contributed by atoms with van der Waals surface area (Å²) in [7, 11) is 0. The normalized spacial score (nSPS) is 20.2. The van der Waals surface area contributed by atoms with Gasteiger partial charge in [0.05, 0.1) is 11.6 Å². The van der Waals surface area contributed by atoms with E-state index in [2.05, 4.69) is 24.1 Å². The molecule has 1 amide bonds. The summed E-state index contributed by atoms with van der Waals surface area (Å²) < 4.78 is 5.87. The number of fused-ring (bicyclic) bond motifs is 2. The number of benzene rings is 1. The van der Waals surface area contributed by atoms with E-state index in [1.807, 2.05) is 23.1 Å². The van der Waals surface area contributed by atoms with Crippen molar-refractivity contribution in [3.05, 3.63) is 23.8 Å². The molecule has 5 nitrogen and oxygen atoms in total. The molecule has 0 bridgehead atoms. The number of piperazine rings is 1. The first-order chi connectivity index (χ1) is 10.2. The number of nitrogens with zero attached hydrogens (tertiary/aromatic N) is 2. The summed E-state index contributed by atoms with van der Waals surface area (Å²) in [4.78, 5) is 17.0. The molecule has 1 aromatic carbocycles. The van der Waals surface area contributed by atoms with Crippen LogP contribution in [0.4, 0.5) is 5.69 Å². The second kappa shape index (κ2) is 7.20. The number of amides is 1. The highest BCUT2D eigenvalue weighted by atomic mass is 35.5. The van der Waals surface area contributed by atoms with Crippen molar-refractivity contribution < 1.29 is 9.53 Å². The SMILES string of the molecule is CCN(CC)c1ccc2c(c1)C(=O)N1CCNCC1CO2.Cl. The van der Waals surface area contributed by atoms with Crippen LogP contribution < -0.4 is 15.0 Å². The van der Waals surface area contributed by atoms with Crippen LogP contribution in [0.5, 0.6) is 5.75 Å². The Morgan fingerprint density at radius 2 is 2.14 bits per heavy atom. The minimum atomic E-state index is 0. The molecule has 122 valence electrons. The lowest BCUT2D eigenvalue weighted by Gasteiger charge is -2.33. The Labute approximate surface area is 138 Å². The number of anilines is 1. The summed E-state index contributed by atoms with van der Waals surface area (Å²) in [5, 5.41) is 3.32. The second-order valence-corrected chi connectivity index (χ2v) is 5.52. The number of ether oxygens (including phenoxy) is 1. The summed E-state index contributed by atoms with van der Waals surface area (Å²) in [6, 6.07) is 6.10. The summed E-state index contributed by atoms with van der Waals surface area (Å²) in [5.74, 6) is 0.813. The smallest absolute Gasteiger partial charge is 0.258 e. The van der Waals surface area contributed by atoms with E-state index in [4.69, 9.17) is 4.74 Å². The van der Waals surface area contributed by atoms with Gasteiger partial charge in [-0.25, -0.2) is 0 Å². The van der Waals surface area contributed by atoms with Gasteiger partial charge >= 0.3 is 0 Å². The van der Waals surface area contributed by atoms with Gasteiger partial charge in [-0.3, -0.25) is 4.79 Å². The van der Waals surface area contributed by atoms with Crippen molar-refractivity contribution in [2.75, 3.05) is 44.2 Å². The van der Waals surface area contributed by atoms with Crippen LogP contribution in [0, 0.1) is 0 Å². The molecular weight excluding hydrogens is 302 g/mol. The molecule has 2 aliphatic heterocycles. The molecule has 1 aromatic rings. The summed E-state index contributed by atoms with van der Waals surface area (Å²) in [5.41, 5.74) is 1.79. The van der Waals surface area contributed by atoms with Crippen LogP contribution >= 0.6 is 12.4 Å². The van der Waals surface area contributed by atoms with E-state index >= 15 is 0 Å². The van der Waals surface area contributed by atoms with Gasteiger partial charge in [-0.1, -0.05) is 0 Å². The highest BCUT2D eigenvalue weighted by molar-refractivity contribution is 5.98. The molecule has 1 saturated heterocycles. The van der Waals surface area contributed by atoms with Crippen LogP contribution in [0.1, 0.15) is 24.2 Å². The van der Waals surface area contributed by atoms with E-state index in [0.29, 0.717) is 17.9 Å². The minimum absolute atomic E-state index is 0. The lowest BCUT2D eigenvalue weighted by molar-refractivity contribution is 0.0606. The molecule has 2 aliphatic rings. The quantitative estimate of drug-likeness (QED) is 0.920. The first-order valence-electron chi connectivity index (χ1n) is 7.78. The van der Waals surface area contributed by atoms with Gasteiger partial charge in [0, 0.05) is 38.4 Å². The zero-order valence-corrected chi connectivity index (χ0v) is 14.0. The third-order valence-corrected chi connectivity index (χ3v) is 4.36. The Morgan fingerprint density at radius 1 is 1.36 bits per heavy atom. The van der Waals surface area contributed by atoms with Crippen LogP contribution in [0.2, 0.25) is 0 Å². The van der Waals surface area contributed by atoms with E-state index in [1.54, 1.807) is 0 Å². The maximum absolute atomic E-state index is 12.8. The molecule has 0 radical (unpaired) electrons. The van der Waals surface area contributed by atoms with Crippen LogP contribution in [-0.4, -0.2) is 56.2 Å².